The summed E-state index contributed by atoms with van der Waals surface area (Å²) >= 11 is 29.8. The highest BCUT2D eigenvalue weighted by Gasteiger charge is 2.27. The zero-order valence-electron chi connectivity index (χ0n) is 16.2. The normalized spacial score (nSPS) is 11.6. The van der Waals surface area contributed by atoms with E-state index in [9.17, 15) is 13.2 Å². The van der Waals surface area contributed by atoms with Crippen LogP contribution in [0.1, 0.15) is 5.56 Å². The molecule has 0 aliphatic heterocycles. The molecule has 5 nitrogen and oxygen atoms in total. The van der Waals surface area contributed by atoms with Crippen molar-refractivity contribution in [2.45, 2.75) is 11.4 Å². The summed E-state index contributed by atoms with van der Waals surface area (Å²) in [6.07, 6.45) is 0. The maximum atomic E-state index is 13.3. The van der Waals surface area contributed by atoms with Crippen LogP contribution in [0.15, 0.2) is 65.6 Å². The third kappa shape index (κ3) is 6.51. The lowest BCUT2D eigenvalue weighted by Crippen LogP contribution is -2.37. The molecule has 0 aliphatic carbocycles. The first-order chi connectivity index (χ1) is 15.0. The van der Waals surface area contributed by atoms with Crippen LogP contribution in [0.3, 0.4) is 0 Å². The number of hydrogen-bond acceptors (Lipinski definition) is 3. The number of nitrogens with zero attached hydrogens (tertiary/aromatic N) is 1. The summed E-state index contributed by atoms with van der Waals surface area (Å²) in [6, 6.07) is 14.9. The summed E-state index contributed by atoms with van der Waals surface area (Å²) in [5, 5.41) is 4.25. The number of halogens is 5. The van der Waals surface area contributed by atoms with Gasteiger partial charge in [0.15, 0.2) is 0 Å². The second-order valence-corrected chi connectivity index (χ2v) is 10.7. The van der Waals surface area contributed by atoms with E-state index in [1.807, 2.05) is 0 Å². The van der Waals surface area contributed by atoms with E-state index < -0.39 is 22.5 Å². The monoisotopic (exact) mass is 550 g/mol. The largest absolute Gasteiger partial charge is 0.325 e. The third-order valence-electron chi connectivity index (χ3n) is 4.26. The number of carbonyl (C=O) groups excluding carboxylic acids is 1. The highest BCUT2D eigenvalue weighted by atomic mass is 35.5. The van der Waals surface area contributed by atoms with Gasteiger partial charge in [-0.3, -0.25) is 4.79 Å². The summed E-state index contributed by atoms with van der Waals surface area (Å²) in [5.41, 5.74) is 0.890. The first-order valence-electron chi connectivity index (χ1n) is 9.00. The quantitative estimate of drug-likeness (QED) is 0.351. The molecule has 32 heavy (non-hydrogen) atoms. The summed E-state index contributed by atoms with van der Waals surface area (Å²) in [7, 11) is -4.06. The van der Waals surface area contributed by atoms with Crippen LogP contribution in [0.4, 0.5) is 5.69 Å². The number of hydrogen-bond donors (Lipinski definition) is 1. The Balaban J connectivity index is 1.90. The molecule has 0 radical (unpaired) electrons. The predicted octanol–water partition coefficient (Wildman–Crippen LogP) is 6.78. The second kappa shape index (κ2) is 10.6. The van der Waals surface area contributed by atoms with Crippen molar-refractivity contribution in [3.63, 3.8) is 0 Å². The van der Waals surface area contributed by atoms with Crippen molar-refractivity contribution in [1.29, 1.82) is 0 Å². The van der Waals surface area contributed by atoms with Crippen molar-refractivity contribution in [2.75, 3.05) is 11.9 Å². The van der Waals surface area contributed by atoms with E-state index in [-0.39, 0.29) is 16.5 Å². The molecule has 0 aliphatic rings. The Morgan fingerprint density at radius 1 is 0.781 bits per heavy atom. The Hall–Kier alpha value is -1.51. The Labute approximate surface area is 210 Å². The molecule has 0 saturated heterocycles. The maximum Gasteiger partial charge on any atom is 0.243 e. The molecule has 0 spiro atoms. The van der Waals surface area contributed by atoms with E-state index in [1.165, 1.54) is 42.5 Å². The molecule has 0 saturated carbocycles. The molecule has 11 heteroatoms. The summed E-state index contributed by atoms with van der Waals surface area (Å²) in [6.45, 7) is -0.596. The van der Waals surface area contributed by atoms with E-state index in [1.54, 1.807) is 18.2 Å². The van der Waals surface area contributed by atoms with E-state index in [0.29, 0.717) is 31.3 Å². The Morgan fingerprint density at radius 2 is 1.41 bits per heavy atom. The first-order valence-corrected chi connectivity index (χ1v) is 12.3. The molecule has 0 fully saturated rings. The van der Waals surface area contributed by atoms with Crippen LogP contribution < -0.4 is 5.32 Å². The molecule has 1 amide bonds. The summed E-state index contributed by atoms with van der Waals surface area (Å²) in [5.74, 6) is -0.582. The van der Waals surface area contributed by atoms with E-state index in [4.69, 9.17) is 58.0 Å². The fourth-order valence-electron chi connectivity index (χ4n) is 2.81. The lowest BCUT2D eigenvalue weighted by atomic mass is 10.2. The number of nitrogens with one attached hydrogen (secondary N) is 1. The van der Waals surface area contributed by atoms with Gasteiger partial charge in [0.25, 0.3) is 0 Å². The molecule has 0 bridgehead atoms. The smallest absolute Gasteiger partial charge is 0.243 e. The van der Waals surface area contributed by atoms with Gasteiger partial charge in [0, 0.05) is 27.3 Å². The fraction of sp³-hybridized carbons (Fsp3) is 0.0952. The van der Waals surface area contributed by atoms with Crippen LogP contribution >= 0.6 is 58.0 Å². The van der Waals surface area contributed by atoms with Crippen molar-refractivity contribution in [1.82, 2.24) is 4.31 Å². The van der Waals surface area contributed by atoms with Gasteiger partial charge in [-0.2, -0.15) is 4.31 Å². The van der Waals surface area contributed by atoms with Gasteiger partial charge < -0.3 is 5.32 Å². The second-order valence-electron chi connectivity index (χ2n) is 6.68. The molecule has 3 aromatic rings. The lowest BCUT2D eigenvalue weighted by Gasteiger charge is -2.22. The van der Waals surface area contributed by atoms with Gasteiger partial charge >= 0.3 is 0 Å². The Kier molecular flexibility index (Phi) is 8.33. The molecule has 0 heterocycles. The van der Waals surface area contributed by atoms with Gasteiger partial charge in [0.1, 0.15) is 0 Å². The van der Waals surface area contributed by atoms with Gasteiger partial charge in [-0.05, 0) is 60.2 Å². The molecule has 0 aromatic heterocycles. The molecule has 3 rings (SSSR count). The van der Waals surface area contributed by atoms with E-state index in [0.717, 1.165) is 4.31 Å². The Bertz CT molecular complexity index is 1230. The van der Waals surface area contributed by atoms with Gasteiger partial charge in [-0.1, -0.05) is 64.1 Å². The van der Waals surface area contributed by atoms with Gasteiger partial charge in [0.2, 0.25) is 15.9 Å². The van der Waals surface area contributed by atoms with Crippen LogP contribution in [0, 0.1) is 0 Å². The van der Waals surface area contributed by atoms with Gasteiger partial charge in [-0.15, -0.1) is 0 Å². The van der Waals surface area contributed by atoms with Crippen molar-refractivity contribution in [3.05, 3.63) is 91.3 Å². The van der Waals surface area contributed by atoms with Crippen LogP contribution in [-0.2, 0) is 21.4 Å². The third-order valence-corrected chi connectivity index (χ3v) is 7.49. The minimum Gasteiger partial charge on any atom is -0.325 e. The standard InChI is InChI=1S/C21H15Cl5N2O3S/c22-14-2-4-18(5-3-14)32(30,31)28(11-13-1-6-19(25)20(26)7-13)12-21(29)27-17-9-15(23)8-16(24)10-17/h1-10H,11-12H2,(H,27,29). The predicted molar refractivity (Wildman–Crippen MR) is 131 cm³/mol. The van der Waals surface area contributed by atoms with Crippen LogP contribution in [0.25, 0.3) is 0 Å². The molecular weight excluding hydrogens is 538 g/mol. The van der Waals surface area contributed by atoms with Crippen molar-refractivity contribution >= 4 is 79.6 Å². The topological polar surface area (TPSA) is 66.5 Å². The van der Waals surface area contributed by atoms with Gasteiger partial charge in [-0.25, -0.2) is 8.42 Å². The average molecular weight is 553 g/mol. The number of rotatable bonds is 7. The zero-order chi connectivity index (χ0) is 23.5. The summed E-state index contributed by atoms with van der Waals surface area (Å²) < 4.78 is 27.6. The zero-order valence-corrected chi connectivity index (χ0v) is 20.8. The molecule has 168 valence electrons. The maximum absolute atomic E-state index is 13.3. The molecule has 3 aromatic carbocycles. The first kappa shape index (κ1) is 25.1. The number of benzene rings is 3. The number of amides is 1. The van der Waals surface area contributed by atoms with Crippen LogP contribution in [0.5, 0.6) is 0 Å². The highest BCUT2D eigenvalue weighted by Crippen LogP contribution is 2.26. The molecule has 0 atom stereocenters. The molecule has 0 unspecified atom stereocenters. The average Bonchev–Trinajstić information content (AvgIpc) is 2.69. The van der Waals surface area contributed by atoms with Crippen LogP contribution in [-0.4, -0.2) is 25.2 Å². The lowest BCUT2D eigenvalue weighted by molar-refractivity contribution is -0.116. The van der Waals surface area contributed by atoms with Crippen LogP contribution in [0.2, 0.25) is 25.1 Å². The van der Waals surface area contributed by atoms with Gasteiger partial charge in [0.05, 0.1) is 21.5 Å². The highest BCUT2D eigenvalue weighted by molar-refractivity contribution is 7.89. The fourth-order valence-corrected chi connectivity index (χ4v) is 5.17. The minimum absolute atomic E-state index is 0.0134. The SMILES string of the molecule is O=C(CN(Cc1ccc(Cl)c(Cl)c1)S(=O)(=O)c1ccc(Cl)cc1)Nc1cc(Cl)cc(Cl)c1. The van der Waals surface area contributed by atoms with E-state index in [2.05, 4.69) is 5.32 Å². The molecular formula is C21H15Cl5N2O3S. The van der Waals surface area contributed by atoms with Crippen molar-refractivity contribution in [3.8, 4) is 0 Å². The number of sulfonamides is 1. The van der Waals surface area contributed by atoms with Crippen molar-refractivity contribution < 1.29 is 13.2 Å². The minimum atomic E-state index is -4.06. The molecule has 1 N–H and O–H groups in total. The number of carbonyl (C=O) groups is 1. The summed E-state index contributed by atoms with van der Waals surface area (Å²) in [4.78, 5) is 12.7. The van der Waals surface area contributed by atoms with E-state index >= 15 is 0 Å². The number of anilines is 1. The van der Waals surface area contributed by atoms with Crippen molar-refractivity contribution in [2.24, 2.45) is 0 Å². The Morgan fingerprint density at radius 3 is 2.00 bits per heavy atom.